The molecule has 16 heavy (non-hydrogen) atoms. The Morgan fingerprint density at radius 2 is 2.31 bits per heavy atom. The van der Waals surface area contributed by atoms with Gasteiger partial charge in [-0.15, -0.1) is 0 Å². The smallest absolute Gasteiger partial charge is 0.305 e. The molecule has 1 aliphatic heterocycles. The van der Waals surface area contributed by atoms with Crippen molar-refractivity contribution in [2.45, 2.75) is 25.5 Å². The van der Waals surface area contributed by atoms with Crippen LogP contribution < -0.4 is 0 Å². The summed E-state index contributed by atoms with van der Waals surface area (Å²) in [6.07, 6.45) is -0.642. The fourth-order valence-corrected chi connectivity index (χ4v) is 1.65. The number of methoxy groups -OCH3 is 1. The van der Waals surface area contributed by atoms with E-state index < -0.39 is 18.1 Å². The van der Waals surface area contributed by atoms with Crippen molar-refractivity contribution in [2.24, 2.45) is 0 Å². The van der Waals surface area contributed by atoms with Gasteiger partial charge in [0.25, 0.3) is 5.91 Å². The lowest BCUT2D eigenvalue weighted by Crippen LogP contribution is -2.52. The Labute approximate surface area is 94.1 Å². The summed E-state index contributed by atoms with van der Waals surface area (Å²) in [5.74, 6) is -1.12. The first-order valence-corrected chi connectivity index (χ1v) is 5.19. The van der Waals surface area contributed by atoms with E-state index in [4.69, 9.17) is 14.6 Å². The van der Waals surface area contributed by atoms with Crippen molar-refractivity contribution in [1.29, 1.82) is 0 Å². The van der Waals surface area contributed by atoms with E-state index in [0.29, 0.717) is 13.2 Å². The lowest BCUT2D eigenvalue weighted by atomic mass is 10.1. The third kappa shape index (κ3) is 3.18. The zero-order chi connectivity index (χ0) is 12.1. The van der Waals surface area contributed by atoms with E-state index in [1.165, 1.54) is 12.0 Å². The number of hydrogen-bond donors (Lipinski definition) is 1. The average molecular weight is 231 g/mol. The second kappa shape index (κ2) is 5.81. The Bertz CT molecular complexity index is 268. The van der Waals surface area contributed by atoms with Crippen LogP contribution in [0.5, 0.6) is 0 Å². The van der Waals surface area contributed by atoms with E-state index in [0.717, 1.165) is 0 Å². The minimum atomic E-state index is -0.932. The molecule has 6 heteroatoms. The number of carboxylic acids is 1. The first kappa shape index (κ1) is 12.9. The van der Waals surface area contributed by atoms with E-state index in [1.807, 2.05) is 0 Å². The summed E-state index contributed by atoms with van der Waals surface area (Å²) in [6.45, 7) is 2.78. The van der Waals surface area contributed by atoms with Gasteiger partial charge in [0.1, 0.15) is 6.10 Å². The number of ether oxygens (including phenoxy) is 2. The lowest BCUT2D eigenvalue weighted by molar-refractivity contribution is -0.153. The minimum absolute atomic E-state index is 0.0951. The van der Waals surface area contributed by atoms with Gasteiger partial charge in [-0.2, -0.15) is 0 Å². The van der Waals surface area contributed by atoms with E-state index >= 15 is 0 Å². The van der Waals surface area contributed by atoms with Gasteiger partial charge in [0, 0.05) is 13.7 Å². The molecule has 0 aromatic heterocycles. The third-order valence-electron chi connectivity index (χ3n) is 2.62. The Balaban J connectivity index is 2.65. The van der Waals surface area contributed by atoms with Crippen LogP contribution in [0.2, 0.25) is 0 Å². The molecule has 0 spiro atoms. The normalized spacial score (nSPS) is 22.9. The number of carbonyl (C=O) groups is 2. The van der Waals surface area contributed by atoms with E-state index in [1.54, 1.807) is 6.92 Å². The van der Waals surface area contributed by atoms with Crippen molar-refractivity contribution >= 4 is 11.9 Å². The van der Waals surface area contributed by atoms with E-state index in [2.05, 4.69) is 0 Å². The zero-order valence-electron chi connectivity index (χ0n) is 9.51. The predicted octanol–water partition coefficient (Wildman–Crippen LogP) is -0.277. The topological polar surface area (TPSA) is 76.1 Å². The fourth-order valence-electron chi connectivity index (χ4n) is 1.65. The number of rotatable bonds is 4. The van der Waals surface area contributed by atoms with Crippen LogP contribution in [-0.4, -0.2) is 60.9 Å². The molecular formula is C10H17NO5. The highest BCUT2D eigenvalue weighted by molar-refractivity contribution is 5.81. The molecular weight excluding hydrogens is 214 g/mol. The second-order valence-electron chi connectivity index (χ2n) is 3.74. The van der Waals surface area contributed by atoms with E-state index in [-0.39, 0.29) is 18.9 Å². The zero-order valence-corrected chi connectivity index (χ0v) is 9.51. The van der Waals surface area contributed by atoms with Crippen LogP contribution in [0, 0.1) is 0 Å². The maximum atomic E-state index is 11.9. The summed E-state index contributed by atoms with van der Waals surface area (Å²) in [4.78, 5) is 24.1. The first-order valence-electron chi connectivity index (χ1n) is 5.19. The summed E-state index contributed by atoms with van der Waals surface area (Å²) >= 11 is 0. The molecule has 92 valence electrons. The van der Waals surface area contributed by atoms with Crippen LogP contribution in [0.4, 0.5) is 0 Å². The average Bonchev–Trinajstić information content (AvgIpc) is 2.27. The summed E-state index contributed by atoms with van der Waals surface area (Å²) in [7, 11) is 1.45. The van der Waals surface area contributed by atoms with Gasteiger partial charge in [-0.1, -0.05) is 0 Å². The van der Waals surface area contributed by atoms with E-state index in [9.17, 15) is 9.59 Å². The second-order valence-corrected chi connectivity index (χ2v) is 3.74. The number of morpholine rings is 1. The van der Waals surface area contributed by atoms with Gasteiger partial charge in [-0.3, -0.25) is 9.59 Å². The van der Waals surface area contributed by atoms with Crippen LogP contribution in [0.1, 0.15) is 13.3 Å². The van der Waals surface area contributed by atoms with Gasteiger partial charge < -0.3 is 19.5 Å². The Morgan fingerprint density at radius 1 is 1.62 bits per heavy atom. The largest absolute Gasteiger partial charge is 0.481 e. The van der Waals surface area contributed by atoms with Crippen LogP contribution in [0.25, 0.3) is 0 Å². The lowest BCUT2D eigenvalue weighted by Gasteiger charge is -2.36. The third-order valence-corrected chi connectivity index (χ3v) is 2.62. The number of aliphatic carboxylic acids is 1. The molecule has 0 aromatic carbocycles. The van der Waals surface area contributed by atoms with Crippen LogP contribution in [0.3, 0.4) is 0 Å². The molecule has 1 saturated heterocycles. The molecule has 0 radical (unpaired) electrons. The molecule has 0 aliphatic carbocycles. The Hall–Kier alpha value is -1.14. The fraction of sp³-hybridized carbons (Fsp3) is 0.800. The van der Waals surface area contributed by atoms with Crippen molar-refractivity contribution in [3.63, 3.8) is 0 Å². The highest BCUT2D eigenvalue weighted by Gasteiger charge is 2.31. The maximum Gasteiger partial charge on any atom is 0.305 e. The molecule has 1 fully saturated rings. The van der Waals surface area contributed by atoms with Crippen molar-refractivity contribution in [1.82, 2.24) is 4.90 Å². The van der Waals surface area contributed by atoms with Gasteiger partial charge in [0.05, 0.1) is 25.7 Å². The SMILES string of the molecule is COC(C)C(=O)N1CCOCC1CC(=O)O. The maximum absolute atomic E-state index is 11.9. The van der Waals surface area contributed by atoms with Gasteiger partial charge in [-0.25, -0.2) is 0 Å². The molecule has 1 amide bonds. The number of carboxylic acid groups (broad SMARTS) is 1. The minimum Gasteiger partial charge on any atom is -0.481 e. The molecule has 0 bridgehead atoms. The van der Waals surface area contributed by atoms with Gasteiger partial charge in [-0.05, 0) is 6.92 Å². The summed E-state index contributed by atoms with van der Waals surface area (Å²) in [5, 5.41) is 8.74. The number of nitrogens with zero attached hydrogens (tertiary/aromatic N) is 1. The van der Waals surface area contributed by atoms with Crippen molar-refractivity contribution in [3.8, 4) is 0 Å². The highest BCUT2D eigenvalue weighted by Crippen LogP contribution is 2.13. The van der Waals surface area contributed by atoms with Gasteiger partial charge in [0.2, 0.25) is 0 Å². The number of hydrogen-bond acceptors (Lipinski definition) is 4. The van der Waals surface area contributed by atoms with Crippen LogP contribution in [-0.2, 0) is 19.1 Å². The molecule has 6 nitrogen and oxygen atoms in total. The van der Waals surface area contributed by atoms with Crippen LogP contribution >= 0.6 is 0 Å². The van der Waals surface area contributed by atoms with Gasteiger partial charge in [0.15, 0.2) is 0 Å². The summed E-state index contributed by atoms with van der Waals surface area (Å²) in [6, 6.07) is -0.392. The number of amides is 1. The van der Waals surface area contributed by atoms with Crippen molar-refractivity contribution < 1.29 is 24.2 Å². The molecule has 0 aromatic rings. The van der Waals surface area contributed by atoms with Gasteiger partial charge >= 0.3 is 5.97 Å². The molecule has 1 heterocycles. The standard InChI is InChI=1S/C10H17NO5/c1-7(15-2)10(14)11-3-4-16-6-8(11)5-9(12)13/h7-8H,3-6H2,1-2H3,(H,12,13). The quantitative estimate of drug-likeness (QED) is 0.720. The molecule has 2 atom stereocenters. The number of carbonyl (C=O) groups excluding carboxylic acids is 1. The molecule has 0 saturated carbocycles. The summed E-state index contributed by atoms with van der Waals surface area (Å²) < 4.78 is 10.1. The van der Waals surface area contributed by atoms with Crippen LogP contribution in [0.15, 0.2) is 0 Å². The molecule has 1 N–H and O–H groups in total. The van der Waals surface area contributed by atoms with Crippen molar-refractivity contribution in [2.75, 3.05) is 26.9 Å². The first-order chi connectivity index (χ1) is 7.56. The summed E-state index contributed by atoms with van der Waals surface area (Å²) in [5.41, 5.74) is 0. The Morgan fingerprint density at radius 3 is 2.88 bits per heavy atom. The predicted molar refractivity (Wildman–Crippen MR) is 55.0 cm³/mol. The molecule has 1 rings (SSSR count). The monoisotopic (exact) mass is 231 g/mol. The van der Waals surface area contributed by atoms with Crippen molar-refractivity contribution in [3.05, 3.63) is 0 Å². The Kier molecular flexibility index (Phi) is 4.70. The molecule has 1 aliphatic rings. The highest BCUT2D eigenvalue weighted by atomic mass is 16.5. The molecule has 2 unspecified atom stereocenters.